The molecule has 1 aromatic carbocycles. The van der Waals surface area contributed by atoms with Crippen molar-refractivity contribution in [3.8, 4) is 0 Å². The van der Waals surface area contributed by atoms with Gasteiger partial charge in [0.15, 0.2) is 0 Å². The number of piperazine rings is 1. The number of nitrogens with one attached hydrogen (secondary N) is 1. The van der Waals surface area contributed by atoms with Crippen molar-refractivity contribution in [2.24, 2.45) is 0 Å². The molecule has 0 atom stereocenters. The van der Waals surface area contributed by atoms with E-state index in [1.165, 1.54) is 11.8 Å². The SMILES string of the molecule is CC(=O)N1CCN(C(=O)C(=O)Nc2ccc(N(C)C)cc2)CC1. The maximum Gasteiger partial charge on any atom is 0.313 e. The molecule has 1 saturated heterocycles. The van der Waals surface area contributed by atoms with Gasteiger partial charge in [-0.1, -0.05) is 0 Å². The third kappa shape index (κ3) is 4.21. The first-order valence-corrected chi connectivity index (χ1v) is 7.51. The van der Waals surface area contributed by atoms with Crippen molar-refractivity contribution in [1.82, 2.24) is 9.80 Å². The number of hydrogen-bond donors (Lipinski definition) is 1. The molecule has 0 radical (unpaired) electrons. The molecular weight excluding hydrogens is 296 g/mol. The summed E-state index contributed by atoms with van der Waals surface area (Å²) in [5.41, 5.74) is 1.59. The normalized spacial score (nSPS) is 14.4. The summed E-state index contributed by atoms with van der Waals surface area (Å²) in [5.74, 6) is -1.23. The van der Waals surface area contributed by atoms with Crippen LogP contribution >= 0.6 is 0 Å². The lowest BCUT2D eigenvalue weighted by molar-refractivity contribution is -0.145. The molecule has 7 nitrogen and oxygen atoms in total. The topological polar surface area (TPSA) is 73.0 Å². The van der Waals surface area contributed by atoms with Crippen LogP contribution in [0.2, 0.25) is 0 Å². The summed E-state index contributed by atoms with van der Waals surface area (Å²) in [6.07, 6.45) is 0. The summed E-state index contributed by atoms with van der Waals surface area (Å²) in [6, 6.07) is 7.25. The second-order valence-corrected chi connectivity index (χ2v) is 5.69. The predicted octanol–water partition coefficient (Wildman–Crippen LogP) is 0.382. The largest absolute Gasteiger partial charge is 0.378 e. The first-order chi connectivity index (χ1) is 10.9. The molecule has 0 aromatic heterocycles. The van der Waals surface area contributed by atoms with Crippen LogP contribution in [0.15, 0.2) is 24.3 Å². The van der Waals surface area contributed by atoms with E-state index in [2.05, 4.69) is 5.32 Å². The molecule has 1 aromatic rings. The minimum absolute atomic E-state index is 0.0115. The van der Waals surface area contributed by atoms with Gasteiger partial charge in [-0.05, 0) is 24.3 Å². The molecule has 2 rings (SSSR count). The third-order valence-electron chi connectivity index (χ3n) is 3.85. The lowest BCUT2D eigenvalue weighted by Gasteiger charge is -2.33. The molecule has 0 saturated carbocycles. The summed E-state index contributed by atoms with van der Waals surface area (Å²) < 4.78 is 0. The van der Waals surface area contributed by atoms with Crippen molar-refractivity contribution >= 4 is 29.1 Å². The smallest absolute Gasteiger partial charge is 0.313 e. The quantitative estimate of drug-likeness (QED) is 0.800. The zero-order valence-corrected chi connectivity index (χ0v) is 13.7. The van der Waals surface area contributed by atoms with Gasteiger partial charge in [0.1, 0.15) is 0 Å². The van der Waals surface area contributed by atoms with Crippen LogP contribution in [0, 0.1) is 0 Å². The molecule has 0 unspecified atom stereocenters. The lowest BCUT2D eigenvalue weighted by atomic mass is 10.2. The molecule has 1 N–H and O–H groups in total. The standard InChI is InChI=1S/C16H22N4O3/c1-12(21)19-8-10-20(11-9-19)16(23)15(22)17-13-4-6-14(7-5-13)18(2)3/h4-7H,8-11H2,1-3H3,(H,17,22). The minimum atomic E-state index is -0.654. The van der Waals surface area contributed by atoms with Crippen molar-refractivity contribution < 1.29 is 14.4 Å². The van der Waals surface area contributed by atoms with Gasteiger partial charge in [0.25, 0.3) is 0 Å². The van der Waals surface area contributed by atoms with Gasteiger partial charge in [-0.15, -0.1) is 0 Å². The average molecular weight is 318 g/mol. The molecule has 23 heavy (non-hydrogen) atoms. The van der Waals surface area contributed by atoms with E-state index in [1.807, 2.05) is 31.1 Å². The third-order valence-corrected chi connectivity index (χ3v) is 3.85. The number of anilines is 2. The van der Waals surface area contributed by atoms with E-state index in [0.29, 0.717) is 31.9 Å². The highest BCUT2D eigenvalue weighted by molar-refractivity contribution is 6.39. The molecule has 3 amide bonds. The number of carbonyl (C=O) groups excluding carboxylic acids is 3. The lowest BCUT2D eigenvalue weighted by Crippen LogP contribution is -2.52. The van der Waals surface area contributed by atoms with Crippen LogP contribution in [0.25, 0.3) is 0 Å². The fourth-order valence-electron chi connectivity index (χ4n) is 2.40. The van der Waals surface area contributed by atoms with E-state index in [1.54, 1.807) is 17.0 Å². The molecule has 7 heteroatoms. The fraction of sp³-hybridized carbons (Fsp3) is 0.438. The minimum Gasteiger partial charge on any atom is -0.378 e. The van der Waals surface area contributed by atoms with Crippen molar-refractivity contribution in [3.63, 3.8) is 0 Å². The molecule has 0 bridgehead atoms. The Balaban J connectivity index is 1.90. The van der Waals surface area contributed by atoms with E-state index in [4.69, 9.17) is 0 Å². The summed E-state index contributed by atoms with van der Waals surface area (Å²) in [7, 11) is 3.86. The van der Waals surface area contributed by atoms with Gasteiger partial charge in [0, 0.05) is 58.6 Å². The van der Waals surface area contributed by atoms with E-state index in [0.717, 1.165) is 5.69 Å². The van der Waals surface area contributed by atoms with Gasteiger partial charge >= 0.3 is 11.8 Å². The highest BCUT2D eigenvalue weighted by Crippen LogP contribution is 2.15. The van der Waals surface area contributed by atoms with Crippen molar-refractivity contribution in [1.29, 1.82) is 0 Å². The molecule has 1 heterocycles. The Morgan fingerprint density at radius 1 is 0.957 bits per heavy atom. The van der Waals surface area contributed by atoms with Crippen LogP contribution < -0.4 is 10.2 Å². The highest BCUT2D eigenvalue weighted by Gasteiger charge is 2.26. The fourth-order valence-corrected chi connectivity index (χ4v) is 2.40. The first kappa shape index (κ1) is 16.8. The molecule has 1 aliphatic rings. The highest BCUT2D eigenvalue weighted by atomic mass is 16.2. The Labute approximate surface area is 135 Å². The molecule has 0 spiro atoms. The van der Waals surface area contributed by atoms with E-state index in [-0.39, 0.29) is 5.91 Å². The monoisotopic (exact) mass is 318 g/mol. The number of benzene rings is 1. The van der Waals surface area contributed by atoms with E-state index >= 15 is 0 Å². The maximum absolute atomic E-state index is 12.2. The second-order valence-electron chi connectivity index (χ2n) is 5.69. The van der Waals surface area contributed by atoms with Crippen LogP contribution in [0.1, 0.15) is 6.92 Å². The van der Waals surface area contributed by atoms with Crippen LogP contribution in [0.3, 0.4) is 0 Å². The van der Waals surface area contributed by atoms with Gasteiger partial charge in [-0.25, -0.2) is 0 Å². The van der Waals surface area contributed by atoms with E-state index in [9.17, 15) is 14.4 Å². The average Bonchev–Trinajstić information content (AvgIpc) is 2.54. The van der Waals surface area contributed by atoms with Crippen molar-refractivity contribution in [2.45, 2.75) is 6.92 Å². The Bertz CT molecular complexity index is 590. The zero-order valence-electron chi connectivity index (χ0n) is 13.7. The zero-order chi connectivity index (χ0) is 17.0. The van der Waals surface area contributed by atoms with Crippen LogP contribution in [0.4, 0.5) is 11.4 Å². The van der Waals surface area contributed by atoms with Gasteiger partial charge in [-0.2, -0.15) is 0 Å². The van der Waals surface area contributed by atoms with Gasteiger partial charge in [0.2, 0.25) is 5.91 Å². The first-order valence-electron chi connectivity index (χ1n) is 7.51. The maximum atomic E-state index is 12.2. The van der Waals surface area contributed by atoms with Crippen LogP contribution in [-0.2, 0) is 14.4 Å². The van der Waals surface area contributed by atoms with Gasteiger partial charge in [0.05, 0.1) is 0 Å². The molecule has 1 aliphatic heterocycles. The number of amides is 3. The number of hydrogen-bond acceptors (Lipinski definition) is 4. The summed E-state index contributed by atoms with van der Waals surface area (Å²) in [4.78, 5) is 40.6. The molecule has 1 fully saturated rings. The van der Waals surface area contributed by atoms with Crippen LogP contribution in [-0.4, -0.2) is 67.8 Å². The Morgan fingerprint density at radius 3 is 1.96 bits per heavy atom. The second kappa shape index (κ2) is 7.13. The Kier molecular flexibility index (Phi) is 5.20. The molecular formula is C16H22N4O3. The van der Waals surface area contributed by atoms with Crippen LogP contribution in [0.5, 0.6) is 0 Å². The molecule has 124 valence electrons. The number of nitrogens with zero attached hydrogens (tertiary/aromatic N) is 3. The Morgan fingerprint density at radius 2 is 1.48 bits per heavy atom. The summed E-state index contributed by atoms with van der Waals surface area (Å²) in [6.45, 7) is 3.19. The van der Waals surface area contributed by atoms with E-state index < -0.39 is 11.8 Å². The van der Waals surface area contributed by atoms with Gasteiger partial charge in [-0.3, -0.25) is 14.4 Å². The summed E-state index contributed by atoms with van der Waals surface area (Å²) in [5, 5.41) is 2.61. The number of carbonyl (C=O) groups is 3. The number of rotatable bonds is 2. The molecule has 0 aliphatic carbocycles. The van der Waals surface area contributed by atoms with Crippen molar-refractivity contribution in [2.75, 3.05) is 50.5 Å². The Hall–Kier alpha value is -2.57. The van der Waals surface area contributed by atoms with Gasteiger partial charge < -0.3 is 20.0 Å². The summed E-state index contributed by atoms with van der Waals surface area (Å²) >= 11 is 0. The predicted molar refractivity (Wildman–Crippen MR) is 88.2 cm³/mol. The van der Waals surface area contributed by atoms with Crippen molar-refractivity contribution in [3.05, 3.63) is 24.3 Å².